The number of nitrogens with zero attached hydrogens (tertiary/aromatic N) is 1. The number of carbonyl (C=O) groups excluding carboxylic acids is 2. The van der Waals surface area contributed by atoms with Crippen LogP contribution >= 0.6 is 0 Å². The first-order valence-corrected chi connectivity index (χ1v) is 9.78. The molecule has 3 rings (SSSR count). The molecule has 0 aromatic heterocycles. The van der Waals surface area contributed by atoms with Gasteiger partial charge in [-0.1, -0.05) is 48.0 Å². The molecule has 1 N–H and O–H groups in total. The summed E-state index contributed by atoms with van der Waals surface area (Å²) in [7, 11) is 0. The third-order valence-electron chi connectivity index (χ3n) is 4.61. The van der Waals surface area contributed by atoms with Gasteiger partial charge in [-0.15, -0.1) is 0 Å². The Morgan fingerprint density at radius 3 is 2.45 bits per heavy atom. The molecule has 3 aromatic rings. The predicted octanol–water partition coefficient (Wildman–Crippen LogP) is 5.32. The molecule has 0 fully saturated rings. The van der Waals surface area contributed by atoms with Gasteiger partial charge in [0.25, 0.3) is 5.91 Å². The van der Waals surface area contributed by atoms with Crippen molar-refractivity contribution >= 4 is 23.5 Å². The van der Waals surface area contributed by atoms with Gasteiger partial charge in [-0.05, 0) is 55.8 Å². The Labute approximate surface area is 181 Å². The van der Waals surface area contributed by atoms with E-state index in [1.807, 2.05) is 49.4 Å². The molecule has 0 unspecified atom stereocenters. The van der Waals surface area contributed by atoms with E-state index in [1.54, 1.807) is 36.4 Å². The van der Waals surface area contributed by atoms with Crippen molar-refractivity contribution in [3.05, 3.63) is 101 Å². The lowest BCUT2D eigenvalue weighted by atomic mass is 10.1. The summed E-state index contributed by atoms with van der Waals surface area (Å²) in [6, 6.07) is 23.7. The number of carbonyl (C=O) groups is 2. The highest BCUT2D eigenvalue weighted by Gasteiger charge is 2.12. The van der Waals surface area contributed by atoms with Crippen LogP contribution in [0, 0.1) is 18.3 Å². The highest BCUT2D eigenvalue weighted by atomic mass is 16.5. The number of hydrogen-bond donors (Lipinski definition) is 1. The maximum atomic E-state index is 12.6. The van der Waals surface area contributed by atoms with E-state index in [9.17, 15) is 14.9 Å². The zero-order valence-electron chi connectivity index (χ0n) is 17.4. The maximum absolute atomic E-state index is 12.6. The minimum atomic E-state index is -0.536. The van der Waals surface area contributed by atoms with Crippen LogP contribution < -0.4 is 10.1 Å². The van der Waals surface area contributed by atoms with Gasteiger partial charge >= 0.3 is 0 Å². The van der Waals surface area contributed by atoms with Crippen molar-refractivity contribution in [2.45, 2.75) is 20.5 Å². The van der Waals surface area contributed by atoms with Crippen molar-refractivity contribution < 1.29 is 14.3 Å². The molecule has 31 heavy (non-hydrogen) atoms. The van der Waals surface area contributed by atoms with E-state index >= 15 is 0 Å². The Bertz CT molecular complexity index is 1170. The van der Waals surface area contributed by atoms with Crippen molar-refractivity contribution in [3.8, 4) is 11.8 Å². The number of nitriles is 1. The average molecular weight is 410 g/mol. The lowest BCUT2D eigenvalue weighted by Gasteiger charge is -2.10. The number of amides is 1. The molecule has 0 aliphatic heterocycles. The number of para-hydroxylation sites is 1. The number of rotatable bonds is 7. The Morgan fingerprint density at radius 1 is 1.03 bits per heavy atom. The quantitative estimate of drug-likeness (QED) is 0.325. The highest BCUT2D eigenvalue weighted by Crippen LogP contribution is 2.23. The lowest BCUT2D eigenvalue weighted by molar-refractivity contribution is -0.112. The molecule has 0 radical (unpaired) electrons. The van der Waals surface area contributed by atoms with E-state index in [4.69, 9.17) is 4.74 Å². The summed E-state index contributed by atoms with van der Waals surface area (Å²) < 4.78 is 5.94. The van der Waals surface area contributed by atoms with Crippen LogP contribution in [0.5, 0.6) is 5.75 Å². The molecule has 0 heterocycles. The molecule has 3 aromatic carbocycles. The van der Waals surface area contributed by atoms with Crippen LogP contribution in [0.25, 0.3) is 6.08 Å². The third-order valence-corrected chi connectivity index (χ3v) is 4.61. The minimum absolute atomic E-state index is 0.0535. The number of anilines is 1. The van der Waals surface area contributed by atoms with Gasteiger partial charge in [-0.25, -0.2) is 0 Å². The molecule has 0 spiro atoms. The number of hydrogen-bond acceptors (Lipinski definition) is 4. The maximum Gasteiger partial charge on any atom is 0.266 e. The number of ether oxygens (including phenoxy) is 1. The van der Waals surface area contributed by atoms with Crippen LogP contribution in [0.4, 0.5) is 5.69 Å². The standard InChI is InChI=1S/C26H22N2O3/c1-18-6-5-7-20(14-18)17-31-25-9-4-3-8-22(25)15-23(16-27)26(30)28-24-12-10-21(11-13-24)19(2)29/h3-15H,17H2,1-2H3,(H,28,30). The Kier molecular flexibility index (Phi) is 6.97. The van der Waals surface area contributed by atoms with E-state index in [0.29, 0.717) is 29.2 Å². The molecule has 0 atom stereocenters. The molecule has 5 nitrogen and oxygen atoms in total. The Balaban J connectivity index is 1.76. The number of nitrogens with one attached hydrogen (secondary N) is 1. The molecule has 0 saturated carbocycles. The van der Waals surface area contributed by atoms with Crippen molar-refractivity contribution in [1.82, 2.24) is 0 Å². The summed E-state index contributed by atoms with van der Waals surface area (Å²) in [5, 5.41) is 12.2. The fourth-order valence-electron chi connectivity index (χ4n) is 2.99. The van der Waals surface area contributed by atoms with Crippen LogP contribution in [0.15, 0.2) is 78.4 Å². The van der Waals surface area contributed by atoms with Crippen LogP contribution in [0.1, 0.15) is 34.0 Å². The van der Waals surface area contributed by atoms with E-state index in [0.717, 1.165) is 11.1 Å². The van der Waals surface area contributed by atoms with Crippen LogP contribution in [-0.2, 0) is 11.4 Å². The van der Waals surface area contributed by atoms with Crippen LogP contribution in [0.2, 0.25) is 0 Å². The van der Waals surface area contributed by atoms with Crippen molar-refractivity contribution in [3.63, 3.8) is 0 Å². The SMILES string of the molecule is CC(=O)c1ccc(NC(=O)C(C#N)=Cc2ccccc2OCc2cccc(C)c2)cc1. The van der Waals surface area contributed by atoms with Gasteiger partial charge < -0.3 is 10.1 Å². The van der Waals surface area contributed by atoms with Gasteiger partial charge in [0.15, 0.2) is 5.78 Å². The van der Waals surface area contributed by atoms with Gasteiger partial charge in [0.1, 0.15) is 24.0 Å². The lowest BCUT2D eigenvalue weighted by Crippen LogP contribution is -2.13. The summed E-state index contributed by atoms with van der Waals surface area (Å²) >= 11 is 0. The van der Waals surface area contributed by atoms with E-state index in [1.165, 1.54) is 13.0 Å². The first kappa shape index (κ1) is 21.5. The van der Waals surface area contributed by atoms with Crippen molar-refractivity contribution in [2.24, 2.45) is 0 Å². The Morgan fingerprint density at radius 2 is 1.77 bits per heavy atom. The zero-order valence-corrected chi connectivity index (χ0v) is 17.4. The molecule has 0 bridgehead atoms. The number of Topliss-reactive ketones (excluding diaryl/α,β-unsaturated/α-hetero) is 1. The fraction of sp³-hybridized carbons (Fsp3) is 0.115. The molecule has 5 heteroatoms. The first-order valence-electron chi connectivity index (χ1n) is 9.78. The Hall–Kier alpha value is -4.17. The van der Waals surface area contributed by atoms with E-state index in [2.05, 4.69) is 5.32 Å². The van der Waals surface area contributed by atoms with Crippen LogP contribution in [-0.4, -0.2) is 11.7 Å². The third kappa shape index (κ3) is 5.91. The molecule has 0 aliphatic rings. The summed E-state index contributed by atoms with van der Waals surface area (Å²) in [4.78, 5) is 24.0. The van der Waals surface area contributed by atoms with Gasteiger partial charge in [0, 0.05) is 16.8 Å². The summed E-state index contributed by atoms with van der Waals surface area (Å²) in [5.41, 5.74) is 3.81. The fourth-order valence-corrected chi connectivity index (χ4v) is 2.99. The second kappa shape index (κ2) is 10.0. The normalized spacial score (nSPS) is 10.8. The largest absolute Gasteiger partial charge is 0.488 e. The van der Waals surface area contributed by atoms with Crippen molar-refractivity contribution in [1.29, 1.82) is 5.26 Å². The van der Waals surface area contributed by atoms with Gasteiger partial charge in [0.2, 0.25) is 0 Å². The number of aryl methyl sites for hydroxylation is 1. The van der Waals surface area contributed by atoms with E-state index < -0.39 is 5.91 Å². The first-order chi connectivity index (χ1) is 15.0. The average Bonchev–Trinajstić information content (AvgIpc) is 2.77. The molecule has 154 valence electrons. The summed E-state index contributed by atoms with van der Waals surface area (Å²) in [6.45, 7) is 3.87. The summed E-state index contributed by atoms with van der Waals surface area (Å²) in [6.07, 6.45) is 1.50. The smallest absolute Gasteiger partial charge is 0.266 e. The monoisotopic (exact) mass is 410 g/mol. The predicted molar refractivity (Wildman–Crippen MR) is 121 cm³/mol. The molecular weight excluding hydrogens is 388 g/mol. The molecule has 0 aliphatic carbocycles. The van der Waals surface area contributed by atoms with E-state index in [-0.39, 0.29) is 11.4 Å². The number of ketones is 1. The second-order valence-electron chi connectivity index (χ2n) is 7.07. The summed E-state index contributed by atoms with van der Waals surface area (Å²) in [5.74, 6) is -0.0142. The van der Waals surface area contributed by atoms with Gasteiger partial charge in [-0.3, -0.25) is 9.59 Å². The molecule has 1 amide bonds. The highest BCUT2D eigenvalue weighted by molar-refractivity contribution is 6.10. The topological polar surface area (TPSA) is 79.2 Å². The minimum Gasteiger partial charge on any atom is -0.488 e. The molecular formula is C26H22N2O3. The second-order valence-corrected chi connectivity index (χ2v) is 7.07. The van der Waals surface area contributed by atoms with Crippen LogP contribution in [0.3, 0.4) is 0 Å². The van der Waals surface area contributed by atoms with Gasteiger partial charge in [0.05, 0.1) is 0 Å². The zero-order chi connectivity index (χ0) is 22.2. The van der Waals surface area contributed by atoms with Gasteiger partial charge in [-0.2, -0.15) is 5.26 Å². The molecule has 0 saturated heterocycles. The van der Waals surface area contributed by atoms with Crippen molar-refractivity contribution in [2.75, 3.05) is 5.32 Å². The number of benzene rings is 3.